The number of nitrogens with one attached hydrogen (secondary N) is 1. The molecule has 1 heterocycles. The van der Waals surface area contributed by atoms with E-state index in [0.717, 1.165) is 23.0 Å². The van der Waals surface area contributed by atoms with E-state index in [-0.39, 0.29) is 12.2 Å². The molecule has 1 aromatic carbocycles. The summed E-state index contributed by atoms with van der Waals surface area (Å²) >= 11 is 0. The molecule has 0 unspecified atom stereocenters. The van der Waals surface area contributed by atoms with Gasteiger partial charge in [0.15, 0.2) is 5.78 Å². The minimum Gasteiger partial charge on any atom is -0.358 e. The van der Waals surface area contributed by atoms with Crippen LogP contribution in [0.5, 0.6) is 0 Å². The van der Waals surface area contributed by atoms with Crippen molar-refractivity contribution in [2.75, 3.05) is 0 Å². The molecule has 0 saturated heterocycles. The quantitative estimate of drug-likeness (QED) is 0.817. The molecule has 2 rings (SSSR count). The first-order valence-corrected chi connectivity index (χ1v) is 5.69. The van der Waals surface area contributed by atoms with Crippen molar-refractivity contribution in [3.63, 3.8) is 0 Å². The summed E-state index contributed by atoms with van der Waals surface area (Å²) in [7, 11) is 0. The van der Waals surface area contributed by atoms with Crippen LogP contribution >= 0.6 is 0 Å². The number of benzene rings is 1. The predicted molar refractivity (Wildman–Crippen MR) is 67.0 cm³/mol. The minimum absolute atomic E-state index is 0.0653. The molecule has 1 aromatic heterocycles. The van der Waals surface area contributed by atoms with Gasteiger partial charge in [0.1, 0.15) is 0 Å². The number of rotatable bonds is 3. The maximum atomic E-state index is 11.9. The lowest BCUT2D eigenvalue weighted by molar-refractivity contribution is 0.0999. The van der Waals surface area contributed by atoms with Crippen LogP contribution in [0.1, 0.15) is 35.0 Å². The molecule has 0 amide bonds. The third-order valence-electron chi connectivity index (χ3n) is 3.01. The monoisotopic (exact) mass is 226 g/mol. The van der Waals surface area contributed by atoms with Crippen molar-refractivity contribution in [1.82, 2.24) is 4.98 Å². The Kier molecular flexibility index (Phi) is 2.97. The lowest BCUT2D eigenvalue weighted by atomic mass is 10.0. The van der Waals surface area contributed by atoms with Gasteiger partial charge in [0.25, 0.3) is 0 Å². The second-order valence-electron chi connectivity index (χ2n) is 4.08. The van der Waals surface area contributed by atoms with Gasteiger partial charge in [-0.1, -0.05) is 25.1 Å². The number of aromatic amines is 1. The molecule has 2 aromatic rings. The molecule has 0 atom stereocenters. The Labute approximate surface area is 100 Å². The summed E-state index contributed by atoms with van der Waals surface area (Å²) in [6.45, 7) is 3.96. The van der Waals surface area contributed by atoms with Gasteiger partial charge in [0.05, 0.1) is 12.5 Å². The maximum absolute atomic E-state index is 11.9. The number of aryl methyl sites for hydroxylation is 2. The van der Waals surface area contributed by atoms with E-state index in [9.17, 15) is 4.79 Å². The number of hydrogen-bond donors (Lipinski definition) is 1. The first-order valence-electron chi connectivity index (χ1n) is 5.69. The Morgan fingerprint density at radius 1 is 1.47 bits per heavy atom. The zero-order valence-corrected chi connectivity index (χ0v) is 10.0. The molecule has 0 fully saturated rings. The fourth-order valence-electron chi connectivity index (χ4n) is 2.22. The molecule has 0 aliphatic rings. The van der Waals surface area contributed by atoms with E-state index in [2.05, 4.69) is 18.0 Å². The normalized spacial score (nSPS) is 10.4. The zero-order chi connectivity index (χ0) is 12.4. The minimum atomic E-state index is -0.107. The van der Waals surface area contributed by atoms with Crippen LogP contribution in [0.2, 0.25) is 0 Å². The number of ketones is 1. The van der Waals surface area contributed by atoms with Crippen LogP contribution in [-0.4, -0.2) is 10.8 Å². The lowest BCUT2D eigenvalue weighted by Crippen LogP contribution is -1.98. The summed E-state index contributed by atoms with van der Waals surface area (Å²) < 4.78 is 0. The van der Waals surface area contributed by atoms with E-state index >= 15 is 0 Å². The van der Waals surface area contributed by atoms with Crippen molar-refractivity contribution in [3.8, 4) is 6.07 Å². The summed E-state index contributed by atoms with van der Waals surface area (Å²) in [5, 5.41) is 9.55. The molecule has 86 valence electrons. The van der Waals surface area contributed by atoms with Crippen molar-refractivity contribution < 1.29 is 4.79 Å². The Bertz CT molecular complexity index is 617. The number of Topliss-reactive ketones (excluding diaryl/α,β-unsaturated/α-hetero) is 1. The van der Waals surface area contributed by atoms with Crippen LogP contribution in [-0.2, 0) is 6.42 Å². The summed E-state index contributed by atoms with van der Waals surface area (Å²) in [4.78, 5) is 15.2. The predicted octanol–water partition coefficient (Wildman–Crippen LogP) is 3.14. The van der Waals surface area contributed by atoms with Gasteiger partial charge in [-0.2, -0.15) is 5.26 Å². The fraction of sp³-hybridized carbons (Fsp3) is 0.286. The Balaban J connectivity index is 2.69. The van der Waals surface area contributed by atoms with E-state index in [1.54, 1.807) is 0 Å². The number of nitriles is 1. The molecule has 17 heavy (non-hydrogen) atoms. The molecule has 0 aliphatic heterocycles. The van der Waals surface area contributed by atoms with Gasteiger partial charge in [0.2, 0.25) is 0 Å². The number of aromatic nitrogens is 1. The van der Waals surface area contributed by atoms with Crippen LogP contribution in [0, 0.1) is 18.3 Å². The first-order chi connectivity index (χ1) is 8.19. The van der Waals surface area contributed by atoms with E-state index in [1.165, 1.54) is 5.56 Å². The van der Waals surface area contributed by atoms with E-state index in [4.69, 9.17) is 5.26 Å². The highest BCUT2D eigenvalue weighted by atomic mass is 16.1. The highest BCUT2D eigenvalue weighted by Gasteiger charge is 2.16. The van der Waals surface area contributed by atoms with Gasteiger partial charge in [-0.3, -0.25) is 4.79 Å². The van der Waals surface area contributed by atoms with Crippen LogP contribution in [0.3, 0.4) is 0 Å². The van der Waals surface area contributed by atoms with Crippen molar-refractivity contribution in [2.45, 2.75) is 26.7 Å². The molecule has 0 saturated carbocycles. The van der Waals surface area contributed by atoms with Gasteiger partial charge in [0, 0.05) is 22.2 Å². The molecule has 3 nitrogen and oxygen atoms in total. The van der Waals surface area contributed by atoms with Gasteiger partial charge < -0.3 is 4.98 Å². The smallest absolute Gasteiger partial charge is 0.179 e. The largest absolute Gasteiger partial charge is 0.358 e. The van der Waals surface area contributed by atoms with Gasteiger partial charge in [-0.25, -0.2) is 0 Å². The van der Waals surface area contributed by atoms with Crippen LogP contribution in [0.25, 0.3) is 10.9 Å². The van der Waals surface area contributed by atoms with Crippen LogP contribution < -0.4 is 0 Å². The number of hydrogen-bond acceptors (Lipinski definition) is 2. The second-order valence-corrected chi connectivity index (χ2v) is 4.08. The number of para-hydroxylation sites is 1. The number of H-pyrrole nitrogens is 1. The van der Waals surface area contributed by atoms with E-state index < -0.39 is 0 Å². The average molecular weight is 226 g/mol. The molecule has 0 bridgehead atoms. The van der Waals surface area contributed by atoms with Crippen molar-refractivity contribution in [2.24, 2.45) is 0 Å². The number of nitrogens with zero attached hydrogens (tertiary/aromatic N) is 1. The molecular weight excluding hydrogens is 212 g/mol. The highest BCUT2D eigenvalue weighted by Crippen LogP contribution is 2.26. The average Bonchev–Trinajstić information content (AvgIpc) is 2.65. The molecule has 0 spiro atoms. The molecule has 1 N–H and O–H groups in total. The van der Waals surface area contributed by atoms with Crippen LogP contribution in [0.15, 0.2) is 18.2 Å². The second kappa shape index (κ2) is 4.42. The highest BCUT2D eigenvalue weighted by molar-refractivity contribution is 6.10. The first kappa shape index (κ1) is 11.4. The third-order valence-corrected chi connectivity index (χ3v) is 3.01. The Morgan fingerprint density at radius 3 is 2.88 bits per heavy atom. The Hall–Kier alpha value is -2.08. The van der Waals surface area contributed by atoms with Crippen molar-refractivity contribution in [1.29, 1.82) is 5.26 Å². The third kappa shape index (κ3) is 1.83. The van der Waals surface area contributed by atoms with Gasteiger partial charge in [-0.15, -0.1) is 0 Å². The van der Waals surface area contributed by atoms with Crippen LogP contribution in [0.4, 0.5) is 0 Å². The van der Waals surface area contributed by atoms with E-state index in [0.29, 0.717) is 5.56 Å². The van der Waals surface area contributed by atoms with E-state index in [1.807, 2.05) is 25.1 Å². The Morgan fingerprint density at radius 2 is 2.24 bits per heavy atom. The number of fused-ring (bicyclic) bond motifs is 1. The summed E-state index contributed by atoms with van der Waals surface area (Å²) in [6.07, 6.45) is 0.854. The van der Waals surface area contributed by atoms with Crippen molar-refractivity contribution >= 4 is 16.7 Å². The lowest BCUT2D eigenvalue weighted by Gasteiger charge is -1.99. The van der Waals surface area contributed by atoms with Crippen molar-refractivity contribution in [3.05, 3.63) is 35.0 Å². The van der Waals surface area contributed by atoms with Gasteiger partial charge in [-0.05, 0) is 18.9 Å². The summed E-state index contributed by atoms with van der Waals surface area (Å²) in [5.41, 5.74) is 3.73. The standard InChI is InChI=1S/C14H14N2O/c1-3-10-5-4-6-11-13(12(17)7-8-15)9(2)16-14(10)11/h4-6,16H,3,7H2,1-2H3. The number of carbonyl (C=O) groups is 1. The molecule has 0 radical (unpaired) electrons. The molecule has 3 heteroatoms. The van der Waals surface area contributed by atoms with Gasteiger partial charge >= 0.3 is 0 Å². The maximum Gasteiger partial charge on any atom is 0.179 e. The topological polar surface area (TPSA) is 56.6 Å². The molecular formula is C14H14N2O. The fourth-order valence-corrected chi connectivity index (χ4v) is 2.22. The number of carbonyl (C=O) groups excluding carboxylic acids is 1. The molecule has 0 aliphatic carbocycles. The zero-order valence-electron chi connectivity index (χ0n) is 10.0. The summed E-state index contributed by atoms with van der Waals surface area (Å²) in [5.74, 6) is -0.107. The SMILES string of the molecule is CCc1cccc2c(C(=O)CC#N)c(C)[nH]c12. The summed E-state index contributed by atoms with van der Waals surface area (Å²) in [6, 6.07) is 7.85.